The average Bonchev–Trinajstić information content (AvgIpc) is 3.52. The molecule has 0 fully saturated rings. The molecule has 242 valence electrons. The largest absolute Gasteiger partial charge is 0.309 e. The summed E-state index contributed by atoms with van der Waals surface area (Å²) in [5, 5.41) is 2.33. The molecule has 5 heteroatoms. The van der Waals surface area contributed by atoms with Crippen LogP contribution in [0.5, 0.6) is 0 Å². The summed E-state index contributed by atoms with van der Waals surface area (Å²) in [7, 11) is 0. The van der Waals surface area contributed by atoms with Crippen molar-refractivity contribution in [2.45, 2.75) is 6.92 Å². The van der Waals surface area contributed by atoms with E-state index in [9.17, 15) is 4.39 Å². The lowest BCUT2D eigenvalue weighted by molar-refractivity contribution is 0.628. The van der Waals surface area contributed by atoms with Crippen molar-refractivity contribution in [1.82, 2.24) is 19.5 Å². The molecule has 51 heavy (non-hydrogen) atoms. The minimum absolute atomic E-state index is 0.306. The molecule has 0 spiro atoms. The van der Waals surface area contributed by atoms with Gasteiger partial charge < -0.3 is 4.57 Å². The summed E-state index contributed by atoms with van der Waals surface area (Å²) in [4.78, 5) is 15.1. The van der Waals surface area contributed by atoms with Gasteiger partial charge in [-0.1, -0.05) is 127 Å². The number of hydrogen-bond acceptors (Lipinski definition) is 3. The molecule has 2 aromatic heterocycles. The second-order valence-corrected chi connectivity index (χ2v) is 12.7. The normalized spacial score (nSPS) is 11.3. The molecule has 0 unspecified atom stereocenters. The van der Waals surface area contributed by atoms with Gasteiger partial charge in [-0.3, -0.25) is 0 Å². The molecule has 0 aliphatic rings. The van der Waals surface area contributed by atoms with Crippen molar-refractivity contribution >= 4 is 21.8 Å². The fourth-order valence-corrected chi connectivity index (χ4v) is 7.01. The van der Waals surface area contributed by atoms with Gasteiger partial charge in [0.1, 0.15) is 5.82 Å². The van der Waals surface area contributed by atoms with E-state index >= 15 is 0 Å². The van der Waals surface area contributed by atoms with Crippen molar-refractivity contribution in [2.24, 2.45) is 0 Å². The van der Waals surface area contributed by atoms with Crippen LogP contribution in [-0.4, -0.2) is 19.5 Å². The second kappa shape index (κ2) is 12.6. The SMILES string of the molecule is Cc1ccccc1-c1ccc2c(c1)c1ccccc1n2-c1ccc(-c2cccc(F)c2)c(-c2nc(-c3ccccc3)nc(-c3ccccc3)n2)c1. The highest BCUT2D eigenvalue weighted by Gasteiger charge is 2.19. The van der Waals surface area contributed by atoms with Gasteiger partial charge in [-0.05, 0) is 77.2 Å². The lowest BCUT2D eigenvalue weighted by Crippen LogP contribution is -2.02. The molecular formula is C46H31FN4. The van der Waals surface area contributed by atoms with E-state index in [0.717, 1.165) is 49.9 Å². The third-order valence-corrected chi connectivity index (χ3v) is 9.47. The van der Waals surface area contributed by atoms with Crippen molar-refractivity contribution in [3.05, 3.63) is 181 Å². The molecule has 0 aliphatic carbocycles. The van der Waals surface area contributed by atoms with Gasteiger partial charge in [0.25, 0.3) is 0 Å². The van der Waals surface area contributed by atoms with Crippen LogP contribution in [0.1, 0.15) is 5.56 Å². The number of nitrogens with zero attached hydrogens (tertiary/aromatic N) is 4. The van der Waals surface area contributed by atoms with E-state index in [1.807, 2.05) is 66.7 Å². The van der Waals surface area contributed by atoms with E-state index < -0.39 is 0 Å². The molecule has 0 aliphatic heterocycles. The van der Waals surface area contributed by atoms with Crippen LogP contribution >= 0.6 is 0 Å². The lowest BCUT2D eigenvalue weighted by atomic mass is 9.97. The topological polar surface area (TPSA) is 43.6 Å². The van der Waals surface area contributed by atoms with E-state index in [0.29, 0.717) is 17.5 Å². The van der Waals surface area contributed by atoms with Gasteiger partial charge in [-0.2, -0.15) is 0 Å². The predicted molar refractivity (Wildman–Crippen MR) is 206 cm³/mol. The predicted octanol–water partition coefficient (Wildman–Crippen LogP) is 11.8. The highest BCUT2D eigenvalue weighted by molar-refractivity contribution is 6.10. The zero-order valence-electron chi connectivity index (χ0n) is 27.8. The number of aryl methyl sites for hydroxylation is 1. The minimum Gasteiger partial charge on any atom is -0.309 e. The summed E-state index contributed by atoms with van der Waals surface area (Å²) in [6.45, 7) is 2.15. The molecule has 0 saturated carbocycles. The summed E-state index contributed by atoms with van der Waals surface area (Å²) in [5.74, 6) is 1.33. The first-order valence-corrected chi connectivity index (χ1v) is 17.0. The summed E-state index contributed by atoms with van der Waals surface area (Å²) in [6, 6.07) is 56.5. The first-order valence-electron chi connectivity index (χ1n) is 17.0. The number of fused-ring (bicyclic) bond motifs is 3. The number of benzene rings is 7. The Kier molecular flexibility index (Phi) is 7.51. The quantitative estimate of drug-likeness (QED) is 0.179. The monoisotopic (exact) mass is 658 g/mol. The maximum Gasteiger partial charge on any atom is 0.164 e. The molecule has 0 saturated heterocycles. The average molecular weight is 659 g/mol. The van der Waals surface area contributed by atoms with Crippen LogP contribution in [0.25, 0.3) is 83.9 Å². The number of hydrogen-bond donors (Lipinski definition) is 0. The Labute approximate surface area is 295 Å². The Hall–Kier alpha value is -6.72. The number of para-hydroxylation sites is 1. The van der Waals surface area contributed by atoms with Crippen LogP contribution in [0.3, 0.4) is 0 Å². The third-order valence-electron chi connectivity index (χ3n) is 9.47. The molecule has 0 radical (unpaired) electrons. The molecule has 4 nitrogen and oxygen atoms in total. The van der Waals surface area contributed by atoms with Gasteiger partial charge in [-0.25, -0.2) is 19.3 Å². The molecule has 2 heterocycles. The number of aromatic nitrogens is 4. The number of rotatable bonds is 6. The van der Waals surface area contributed by atoms with Crippen LogP contribution in [0.2, 0.25) is 0 Å². The molecule has 0 amide bonds. The maximum atomic E-state index is 14.7. The molecule has 9 rings (SSSR count). The van der Waals surface area contributed by atoms with E-state index in [2.05, 4.69) is 96.4 Å². The second-order valence-electron chi connectivity index (χ2n) is 12.7. The van der Waals surface area contributed by atoms with Crippen molar-refractivity contribution in [3.8, 4) is 62.1 Å². The van der Waals surface area contributed by atoms with Crippen molar-refractivity contribution < 1.29 is 4.39 Å². The zero-order chi connectivity index (χ0) is 34.3. The van der Waals surface area contributed by atoms with Gasteiger partial charge in [0.2, 0.25) is 0 Å². The minimum atomic E-state index is -0.306. The van der Waals surface area contributed by atoms with E-state index in [-0.39, 0.29) is 5.82 Å². The van der Waals surface area contributed by atoms with E-state index in [4.69, 9.17) is 15.0 Å². The molecule has 9 aromatic rings. The summed E-state index contributed by atoms with van der Waals surface area (Å²) in [5.41, 5.74) is 10.9. The van der Waals surface area contributed by atoms with Crippen LogP contribution < -0.4 is 0 Å². The number of halogens is 1. The van der Waals surface area contributed by atoms with Crippen LogP contribution in [0.15, 0.2) is 170 Å². The standard InChI is InChI=1S/C46H31FN4/c1-30-13-8-9-20-37(30)34-23-26-43-40(28-34)39-21-10-11-22-42(39)51(43)36-24-25-38(33-18-12-19-35(47)27-33)41(29-36)46-49-44(31-14-4-2-5-15-31)48-45(50-46)32-16-6-3-7-17-32/h2-29H,1H3. The Balaban J connectivity index is 1.31. The molecule has 0 atom stereocenters. The first-order chi connectivity index (χ1) is 25.1. The summed E-state index contributed by atoms with van der Waals surface area (Å²) < 4.78 is 17.0. The van der Waals surface area contributed by atoms with Gasteiger partial charge in [-0.15, -0.1) is 0 Å². The molecule has 0 bridgehead atoms. The Morgan fingerprint density at radius 2 is 1.02 bits per heavy atom. The van der Waals surface area contributed by atoms with Gasteiger partial charge >= 0.3 is 0 Å². The van der Waals surface area contributed by atoms with Gasteiger partial charge in [0.15, 0.2) is 17.5 Å². The third kappa shape index (κ3) is 5.55. The highest BCUT2D eigenvalue weighted by atomic mass is 19.1. The first kappa shape index (κ1) is 30.3. The molecule has 0 N–H and O–H groups in total. The Bertz CT molecular complexity index is 2660. The van der Waals surface area contributed by atoms with E-state index in [1.54, 1.807) is 12.1 Å². The Morgan fingerprint density at radius 3 is 1.75 bits per heavy atom. The molecule has 7 aromatic carbocycles. The summed E-state index contributed by atoms with van der Waals surface area (Å²) >= 11 is 0. The fraction of sp³-hybridized carbons (Fsp3) is 0.0217. The van der Waals surface area contributed by atoms with Crippen LogP contribution in [0.4, 0.5) is 4.39 Å². The fourth-order valence-electron chi connectivity index (χ4n) is 7.01. The van der Waals surface area contributed by atoms with E-state index in [1.165, 1.54) is 28.1 Å². The smallest absolute Gasteiger partial charge is 0.164 e. The van der Waals surface area contributed by atoms with Crippen molar-refractivity contribution in [1.29, 1.82) is 0 Å². The van der Waals surface area contributed by atoms with Crippen molar-refractivity contribution in [2.75, 3.05) is 0 Å². The Morgan fingerprint density at radius 1 is 0.412 bits per heavy atom. The van der Waals surface area contributed by atoms with Gasteiger partial charge in [0, 0.05) is 33.2 Å². The van der Waals surface area contributed by atoms with Crippen molar-refractivity contribution in [3.63, 3.8) is 0 Å². The van der Waals surface area contributed by atoms with Crippen LogP contribution in [-0.2, 0) is 0 Å². The molecular weight excluding hydrogens is 628 g/mol. The highest BCUT2D eigenvalue weighted by Crippen LogP contribution is 2.39. The van der Waals surface area contributed by atoms with Gasteiger partial charge in [0.05, 0.1) is 11.0 Å². The maximum absolute atomic E-state index is 14.7. The summed E-state index contributed by atoms with van der Waals surface area (Å²) in [6.07, 6.45) is 0. The van der Waals surface area contributed by atoms with Crippen LogP contribution in [0, 0.1) is 12.7 Å². The zero-order valence-corrected chi connectivity index (χ0v) is 27.8. The lowest BCUT2D eigenvalue weighted by Gasteiger charge is -2.15.